The van der Waals surface area contributed by atoms with Crippen LogP contribution in [0.4, 0.5) is 4.79 Å². The Morgan fingerprint density at radius 3 is 2.41 bits per heavy atom. The monoisotopic (exact) mass is 241 g/mol. The maximum absolute atomic E-state index is 11.7. The van der Waals surface area contributed by atoms with Crippen LogP contribution < -0.4 is 5.73 Å². The molecule has 5 heteroatoms. The molecule has 5 nitrogen and oxygen atoms in total. The Balaban J connectivity index is 2.41. The second-order valence-corrected chi connectivity index (χ2v) is 5.43. The first-order valence-electron chi connectivity index (χ1n) is 6.11. The van der Waals surface area contributed by atoms with Gasteiger partial charge in [0.2, 0.25) is 0 Å². The van der Waals surface area contributed by atoms with Crippen LogP contribution in [0.5, 0.6) is 0 Å². The van der Waals surface area contributed by atoms with Crippen molar-refractivity contribution in [1.29, 1.82) is 5.41 Å². The van der Waals surface area contributed by atoms with E-state index in [2.05, 4.69) is 0 Å². The SMILES string of the molecule is CC(C)COC(=O)N1CCC(C)(C(=N)N)CC1. The molecule has 0 aliphatic carbocycles. The van der Waals surface area contributed by atoms with E-state index >= 15 is 0 Å². The number of carbonyl (C=O) groups excluding carboxylic acids is 1. The number of piperidine rings is 1. The molecule has 0 saturated carbocycles. The zero-order valence-electron chi connectivity index (χ0n) is 11.0. The standard InChI is InChI=1S/C12H23N3O2/c1-9(2)8-17-11(16)15-6-4-12(3,5-7-15)10(13)14/h9H,4-8H2,1-3H3,(H3,13,14). The molecular weight excluding hydrogens is 218 g/mol. The van der Waals surface area contributed by atoms with Crippen molar-refractivity contribution in [3.63, 3.8) is 0 Å². The Hall–Kier alpha value is -1.26. The van der Waals surface area contributed by atoms with Gasteiger partial charge >= 0.3 is 6.09 Å². The Labute approximate surface area is 103 Å². The number of hydrogen-bond acceptors (Lipinski definition) is 3. The molecule has 1 rings (SSSR count). The Morgan fingerprint density at radius 1 is 1.47 bits per heavy atom. The number of nitrogens with zero attached hydrogens (tertiary/aromatic N) is 1. The van der Waals surface area contributed by atoms with E-state index in [4.69, 9.17) is 15.9 Å². The highest BCUT2D eigenvalue weighted by Gasteiger charge is 2.34. The molecule has 0 aromatic carbocycles. The molecule has 3 N–H and O–H groups in total. The number of ether oxygens (including phenoxy) is 1. The molecule has 0 aromatic heterocycles. The van der Waals surface area contributed by atoms with Gasteiger partial charge in [0, 0.05) is 18.5 Å². The van der Waals surface area contributed by atoms with E-state index in [1.54, 1.807) is 4.90 Å². The Kier molecular flexibility index (Phi) is 4.37. The molecule has 1 aliphatic heterocycles. The van der Waals surface area contributed by atoms with E-state index in [-0.39, 0.29) is 17.3 Å². The number of nitrogens with one attached hydrogen (secondary N) is 1. The van der Waals surface area contributed by atoms with E-state index in [0.29, 0.717) is 25.6 Å². The summed E-state index contributed by atoms with van der Waals surface area (Å²) < 4.78 is 5.17. The van der Waals surface area contributed by atoms with Crippen molar-refractivity contribution in [3.05, 3.63) is 0 Å². The molecule has 98 valence electrons. The summed E-state index contributed by atoms with van der Waals surface area (Å²) in [5, 5.41) is 7.54. The molecular formula is C12H23N3O2. The van der Waals surface area contributed by atoms with Gasteiger partial charge in [-0.05, 0) is 18.8 Å². The average molecular weight is 241 g/mol. The van der Waals surface area contributed by atoms with Crippen LogP contribution in [0.3, 0.4) is 0 Å². The van der Waals surface area contributed by atoms with Gasteiger partial charge in [0.15, 0.2) is 0 Å². The second kappa shape index (κ2) is 5.38. The first-order chi connectivity index (χ1) is 7.85. The van der Waals surface area contributed by atoms with E-state index in [1.165, 1.54) is 0 Å². The Morgan fingerprint density at radius 2 is 2.00 bits per heavy atom. The lowest BCUT2D eigenvalue weighted by Crippen LogP contribution is -2.47. The van der Waals surface area contributed by atoms with E-state index < -0.39 is 0 Å². The Bertz CT molecular complexity index is 294. The van der Waals surface area contributed by atoms with Crippen molar-refractivity contribution >= 4 is 11.9 Å². The van der Waals surface area contributed by atoms with E-state index in [1.807, 2.05) is 20.8 Å². The number of rotatable bonds is 3. The van der Waals surface area contributed by atoms with Crippen LogP contribution in [-0.4, -0.2) is 36.5 Å². The highest BCUT2D eigenvalue weighted by Crippen LogP contribution is 2.30. The maximum Gasteiger partial charge on any atom is 0.409 e. The third-order valence-electron chi connectivity index (χ3n) is 3.32. The molecule has 0 aromatic rings. The summed E-state index contributed by atoms with van der Waals surface area (Å²) in [6.07, 6.45) is 1.22. The summed E-state index contributed by atoms with van der Waals surface area (Å²) in [7, 11) is 0. The molecule has 0 atom stereocenters. The number of amidine groups is 1. The molecule has 0 spiro atoms. The van der Waals surface area contributed by atoms with Crippen molar-refractivity contribution in [2.45, 2.75) is 33.6 Å². The summed E-state index contributed by atoms with van der Waals surface area (Å²) in [6, 6.07) is 0. The fourth-order valence-corrected chi connectivity index (χ4v) is 1.78. The van der Waals surface area contributed by atoms with Crippen LogP contribution in [-0.2, 0) is 4.74 Å². The summed E-state index contributed by atoms with van der Waals surface area (Å²) in [5.41, 5.74) is 5.31. The molecule has 0 radical (unpaired) electrons. The second-order valence-electron chi connectivity index (χ2n) is 5.43. The normalized spacial score (nSPS) is 19.2. The van der Waals surface area contributed by atoms with Crippen LogP contribution in [0, 0.1) is 16.7 Å². The third-order valence-corrected chi connectivity index (χ3v) is 3.32. The number of nitrogens with two attached hydrogens (primary N) is 1. The molecule has 0 unspecified atom stereocenters. The van der Waals surface area contributed by atoms with E-state index in [0.717, 1.165) is 12.8 Å². The van der Waals surface area contributed by atoms with Crippen LogP contribution in [0.2, 0.25) is 0 Å². The fourth-order valence-electron chi connectivity index (χ4n) is 1.78. The minimum atomic E-state index is -0.255. The van der Waals surface area contributed by atoms with Gasteiger partial charge in [-0.25, -0.2) is 4.79 Å². The van der Waals surface area contributed by atoms with Gasteiger partial charge in [-0.2, -0.15) is 0 Å². The van der Waals surface area contributed by atoms with Crippen LogP contribution >= 0.6 is 0 Å². The number of amides is 1. The maximum atomic E-state index is 11.7. The zero-order chi connectivity index (χ0) is 13.1. The minimum Gasteiger partial charge on any atom is -0.449 e. The summed E-state index contributed by atoms with van der Waals surface area (Å²) in [5.74, 6) is 0.568. The van der Waals surface area contributed by atoms with Gasteiger partial charge in [0.25, 0.3) is 0 Å². The molecule has 1 aliphatic rings. The molecule has 1 amide bonds. The van der Waals surface area contributed by atoms with E-state index in [9.17, 15) is 4.79 Å². The number of carbonyl (C=O) groups is 1. The summed E-state index contributed by atoms with van der Waals surface area (Å²) in [4.78, 5) is 13.4. The quantitative estimate of drug-likeness (QED) is 0.584. The number of hydrogen-bond donors (Lipinski definition) is 2. The molecule has 1 saturated heterocycles. The van der Waals surface area contributed by atoms with Crippen molar-refractivity contribution in [2.24, 2.45) is 17.1 Å². The molecule has 0 bridgehead atoms. The van der Waals surface area contributed by atoms with Gasteiger partial charge < -0.3 is 15.4 Å². The highest BCUT2D eigenvalue weighted by atomic mass is 16.6. The van der Waals surface area contributed by atoms with Gasteiger partial charge in [0.05, 0.1) is 12.4 Å². The highest BCUT2D eigenvalue weighted by molar-refractivity contribution is 5.83. The summed E-state index contributed by atoms with van der Waals surface area (Å²) >= 11 is 0. The van der Waals surface area contributed by atoms with Crippen LogP contribution in [0.25, 0.3) is 0 Å². The topological polar surface area (TPSA) is 79.4 Å². The van der Waals surface area contributed by atoms with Crippen LogP contribution in [0.15, 0.2) is 0 Å². The van der Waals surface area contributed by atoms with Crippen molar-refractivity contribution < 1.29 is 9.53 Å². The summed E-state index contributed by atoms with van der Waals surface area (Å²) in [6.45, 7) is 7.69. The largest absolute Gasteiger partial charge is 0.449 e. The average Bonchev–Trinajstić information content (AvgIpc) is 2.26. The van der Waals surface area contributed by atoms with Crippen molar-refractivity contribution in [3.8, 4) is 0 Å². The fraction of sp³-hybridized carbons (Fsp3) is 0.833. The predicted octanol–water partition coefficient (Wildman–Crippen LogP) is 1.82. The van der Waals surface area contributed by atoms with Crippen LogP contribution in [0.1, 0.15) is 33.6 Å². The van der Waals surface area contributed by atoms with Gasteiger partial charge in [-0.3, -0.25) is 5.41 Å². The first kappa shape index (κ1) is 13.8. The molecule has 17 heavy (non-hydrogen) atoms. The lowest BCUT2D eigenvalue weighted by atomic mass is 9.79. The third kappa shape index (κ3) is 3.61. The van der Waals surface area contributed by atoms with Gasteiger partial charge in [0.1, 0.15) is 0 Å². The number of likely N-dealkylation sites (tertiary alicyclic amines) is 1. The van der Waals surface area contributed by atoms with Gasteiger partial charge in [-0.15, -0.1) is 0 Å². The lowest BCUT2D eigenvalue weighted by Gasteiger charge is -2.38. The van der Waals surface area contributed by atoms with Crippen molar-refractivity contribution in [2.75, 3.05) is 19.7 Å². The zero-order valence-corrected chi connectivity index (χ0v) is 11.0. The molecule has 1 fully saturated rings. The first-order valence-corrected chi connectivity index (χ1v) is 6.11. The molecule has 1 heterocycles. The smallest absolute Gasteiger partial charge is 0.409 e. The lowest BCUT2D eigenvalue weighted by molar-refractivity contribution is 0.0748. The predicted molar refractivity (Wildman–Crippen MR) is 67.0 cm³/mol. The van der Waals surface area contributed by atoms with Crippen molar-refractivity contribution in [1.82, 2.24) is 4.90 Å². The van der Waals surface area contributed by atoms with Gasteiger partial charge in [-0.1, -0.05) is 20.8 Å². The minimum absolute atomic E-state index is 0.215.